The number of hydrogen-bond acceptors (Lipinski definition) is 6. The SMILES string of the molecule is O=C(CNc1ccc(C(=O)NCc2ccco2)cc1)Nc1ccc(C(=O)N2CCOCC2)cc1. The maximum absolute atomic E-state index is 12.5. The summed E-state index contributed by atoms with van der Waals surface area (Å²) in [4.78, 5) is 38.8. The third-order valence-electron chi connectivity index (χ3n) is 5.32. The number of morpholine rings is 1. The second kappa shape index (κ2) is 11.2. The van der Waals surface area contributed by atoms with Crippen molar-refractivity contribution in [2.24, 2.45) is 0 Å². The summed E-state index contributed by atoms with van der Waals surface area (Å²) in [5.74, 6) is 0.195. The first-order valence-corrected chi connectivity index (χ1v) is 11.0. The van der Waals surface area contributed by atoms with Gasteiger partial charge in [-0.05, 0) is 60.7 Å². The van der Waals surface area contributed by atoms with E-state index in [1.807, 2.05) is 0 Å². The van der Waals surface area contributed by atoms with Crippen molar-refractivity contribution >= 4 is 29.1 Å². The molecular formula is C25H26N4O5. The minimum Gasteiger partial charge on any atom is -0.467 e. The van der Waals surface area contributed by atoms with Crippen LogP contribution in [0.15, 0.2) is 71.3 Å². The number of furan rings is 1. The highest BCUT2D eigenvalue weighted by atomic mass is 16.5. The van der Waals surface area contributed by atoms with Gasteiger partial charge in [-0.15, -0.1) is 0 Å². The Bertz CT molecular complexity index is 1110. The number of anilines is 2. The second-order valence-electron chi connectivity index (χ2n) is 7.72. The first kappa shape index (κ1) is 23.1. The summed E-state index contributed by atoms with van der Waals surface area (Å²) in [5.41, 5.74) is 2.40. The van der Waals surface area contributed by atoms with Crippen LogP contribution in [0, 0.1) is 0 Å². The fraction of sp³-hybridized carbons (Fsp3) is 0.240. The fourth-order valence-corrected chi connectivity index (χ4v) is 3.45. The van der Waals surface area contributed by atoms with Crippen LogP contribution in [0.1, 0.15) is 26.5 Å². The molecule has 34 heavy (non-hydrogen) atoms. The lowest BCUT2D eigenvalue weighted by Crippen LogP contribution is -2.40. The Morgan fingerprint density at radius 3 is 2.21 bits per heavy atom. The van der Waals surface area contributed by atoms with Gasteiger partial charge in [-0.25, -0.2) is 0 Å². The predicted octanol–water partition coefficient (Wildman–Crippen LogP) is 2.73. The van der Waals surface area contributed by atoms with E-state index in [0.29, 0.717) is 61.1 Å². The summed E-state index contributed by atoms with van der Waals surface area (Å²) >= 11 is 0. The zero-order valence-corrected chi connectivity index (χ0v) is 18.6. The molecule has 0 radical (unpaired) electrons. The number of amides is 3. The fourth-order valence-electron chi connectivity index (χ4n) is 3.45. The molecule has 1 aromatic heterocycles. The van der Waals surface area contributed by atoms with E-state index in [0.717, 1.165) is 0 Å². The molecule has 0 unspecified atom stereocenters. The van der Waals surface area contributed by atoms with Crippen LogP contribution < -0.4 is 16.0 Å². The molecule has 9 nitrogen and oxygen atoms in total. The van der Waals surface area contributed by atoms with Gasteiger partial charge in [0.2, 0.25) is 5.91 Å². The topological polar surface area (TPSA) is 113 Å². The van der Waals surface area contributed by atoms with E-state index in [2.05, 4.69) is 16.0 Å². The van der Waals surface area contributed by atoms with Gasteiger partial charge >= 0.3 is 0 Å². The summed E-state index contributed by atoms with van der Waals surface area (Å²) in [7, 11) is 0. The zero-order chi connectivity index (χ0) is 23.8. The molecule has 0 aliphatic carbocycles. The minimum absolute atomic E-state index is 0.0408. The number of nitrogens with zero attached hydrogens (tertiary/aromatic N) is 1. The van der Waals surface area contributed by atoms with Crippen LogP contribution in [0.5, 0.6) is 0 Å². The van der Waals surface area contributed by atoms with Crippen LogP contribution in [0.4, 0.5) is 11.4 Å². The molecule has 176 valence electrons. The third kappa shape index (κ3) is 6.23. The van der Waals surface area contributed by atoms with Crippen LogP contribution in [-0.4, -0.2) is 55.5 Å². The van der Waals surface area contributed by atoms with Gasteiger partial charge in [0.1, 0.15) is 5.76 Å². The normalized spacial score (nSPS) is 13.2. The lowest BCUT2D eigenvalue weighted by molar-refractivity contribution is -0.114. The van der Waals surface area contributed by atoms with Crippen molar-refractivity contribution in [1.82, 2.24) is 10.2 Å². The summed E-state index contributed by atoms with van der Waals surface area (Å²) in [6.07, 6.45) is 1.56. The van der Waals surface area contributed by atoms with Crippen molar-refractivity contribution in [2.75, 3.05) is 43.5 Å². The predicted molar refractivity (Wildman–Crippen MR) is 127 cm³/mol. The van der Waals surface area contributed by atoms with Crippen molar-refractivity contribution in [3.05, 3.63) is 83.8 Å². The van der Waals surface area contributed by atoms with Crippen LogP contribution in [0.2, 0.25) is 0 Å². The largest absolute Gasteiger partial charge is 0.467 e. The summed E-state index contributed by atoms with van der Waals surface area (Å²) in [5, 5.41) is 8.61. The van der Waals surface area contributed by atoms with Crippen molar-refractivity contribution in [1.29, 1.82) is 0 Å². The van der Waals surface area contributed by atoms with Crippen molar-refractivity contribution < 1.29 is 23.5 Å². The monoisotopic (exact) mass is 462 g/mol. The molecule has 3 N–H and O–H groups in total. The first-order chi connectivity index (χ1) is 16.6. The molecular weight excluding hydrogens is 436 g/mol. The zero-order valence-electron chi connectivity index (χ0n) is 18.6. The van der Waals surface area contributed by atoms with Gasteiger partial charge in [0.25, 0.3) is 11.8 Å². The van der Waals surface area contributed by atoms with E-state index < -0.39 is 0 Å². The maximum Gasteiger partial charge on any atom is 0.254 e. The molecule has 0 atom stereocenters. The molecule has 1 fully saturated rings. The van der Waals surface area contributed by atoms with E-state index in [4.69, 9.17) is 9.15 Å². The highest BCUT2D eigenvalue weighted by Crippen LogP contribution is 2.14. The molecule has 0 spiro atoms. The van der Waals surface area contributed by atoms with Gasteiger partial charge in [-0.3, -0.25) is 14.4 Å². The van der Waals surface area contributed by atoms with Crippen molar-refractivity contribution in [3.8, 4) is 0 Å². The Labute approximate surface area is 197 Å². The van der Waals surface area contributed by atoms with Gasteiger partial charge < -0.3 is 30.0 Å². The Morgan fingerprint density at radius 2 is 1.53 bits per heavy atom. The Balaban J connectivity index is 1.22. The van der Waals surface area contributed by atoms with E-state index >= 15 is 0 Å². The summed E-state index contributed by atoms with van der Waals surface area (Å²) in [6.45, 7) is 2.63. The number of carbonyl (C=O) groups excluding carboxylic acids is 3. The molecule has 3 amide bonds. The lowest BCUT2D eigenvalue weighted by atomic mass is 10.1. The van der Waals surface area contributed by atoms with Crippen LogP contribution in [0.3, 0.4) is 0 Å². The molecule has 2 heterocycles. The summed E-state index contributed by atoms with van der Waals surface area (Å²) < 4.78 is 10.5. The molecule has 1 aliphatic rings. The summed E-state index contributed by atoms with van der Waals surface area (Å²) in [6, 6.07) is 17.2. The molecule has 1 saturated heterocycles. The van der Waals surface area contributed by atoms with Gasteiger partial charge in [-0.1, -0.05) is 0 Å². The van der Waals surface area contributed by atoms with E-state index in [1.54, 1.807) is 71.8 Å². The highest BCUT2D eigenvalue weighted by Gasteiger charge is 2.18. The Kier molecular flexibility index (Phi) is 7.56. The average Bonchev–Trinajstić information content (AvgIpc) is 3.41. The van der Waals surface area contributed by atoms with Crippen LogP contribution >= 0.6 is 0 Å². The van der Waals surface area contributed by atoms with E-state index in [9.17, 15) is 14.4 Å². The van der Waals surface area contributed by atoms with Crippen LogP contribution in [-0.2, 0) is 16.1 Å². The van der Waals surface area contributed by atoms with Crippen molar-refractivity contribution in [2.45, 2.75) is 6.54 Å². The number of hydrogen-bond donors (Lipinski definition) is 3. The van der Waals surface area contributed by atoms with Gasteiger partial charge in [-0.2, -0.15) is 0 Å². The molecule has 2 aromatic carbocycles. The first-order valence-electron chi connectivity index (χ1n) is 11.0. The number of carbonyl (C=O) groups is 3. The molecule has 9 heteroatoms. The highest BCUT2D eigenvalue weighted by molar-refractivity contribution is 5.97. The van der Waals surface area contributed by atoms with Gasteiger partial charge in [0, 0.05) is 35.6 Å². The molecule has 4 rings (SSSR count). The number of rotatable bonds is 8. The number of ether oxygens (including phenoxy) is 1. The lowest BCUT2D eigenvalue weighted by Gasteiger charge is -2.26. The number of nitrogens with one attached hydrogen (secondary N) is 3. The van der Waals surface area contributed by atoms with Gasteiger partial charge in [0.05, 0.1) is 32.6 Å². The second-order valence-corrected chi connectivity index (χ2v) is 7.72. The number of benzene rings is 2. The standard InChI is InChI=1S/C25H26N4O5/c30-23(28-21-9-5-19(6-10-21)25(32)29-11-14-33-15-12-29)17-26-20-7-3-18(4-8-20)24(31)27-16-22-2-1-13-34-22/h1-10,13,26H,11-12,14-17H2,(H,27,31)(H,28,30). The smallest absolute Gasteiger partial charge is 0.254 e. The Morgan fingerprint density at radius 1 is 0.853 bits per heavy atom. The van der Waals surface area contributed by atoms with E-state index in [1.165, 1.54) is 0 Å². The van der Waals surface area contributed by atoms with Crippen LogP contribution in [0.25, 0.3) is 0 Å². The molecule has 0 saturated carbocycles. The third-order valence-corrected chi connectivity index (χ3v) is 5.32. The average molecular weight is 463 g/mol. The minimum atomic E-state index is -0.229. The molecule has 3 aromatic rings. The molecule has 1 aliphatic heterocycles. The molecule has 0 bridgehead atoms. The van der Waals surface area contributed by atoms with Crippen molar-refractivity contribution in [3.63, 3.8) is 0 Å². The van der Waals surface area contributed by atoms with E-state index in [-0.39, 0.29) is 24.3 Å². The quantitative estimate of drug-likeness (QED) is 0.475. The Hall–Kier alpha value is -4.11. The maximum atomic E-state index is 12.5. The van der Waals surface area contributed by atoms with Gasteiger partial charge in [0.15, 0.2) is 0 Å².